The van der Waals surface area contributed by atoms with Gasteiger partial charge in [0.15, 0.2) is 0 Å². The molecule has 2 aromatic rings. The number of carbonyl (C=O) groups is 1. The molecule has 124 valence electrons. The molecule has 3 rings (SSSR count). The van der Waals surface area contributed by atoms with Gasteiger partial charge in [-0.3, -0.25) is 15.0 Å². The minimum atomic E-state index is -1.21. The predicted molar refractivity (Wildman–Crippen MR) is 84.2 cm³/mol. The van der Waals surface area contributed by atoms with Crippen LogP contribution in [-0.2, 0) is 10.2 Å². The molecule has 1 aliphatic carbocycles. The van der Waals surface area contributed by atoms with Crippen molar-refractivity contribution >= 4 is 11.5 Å². The molecule has 0 radical (unpaired) electrons. The smallest absolute Gasteiger partial charge is 0.257 e. The van der Waals surface area contributed by atoms with E-state index in [4.69, 9.17) is 0 Å². The summed E-state index contributed by atoms with van der Waals surface area (Å²) in [6.07, 6.45) is 5.10. The van der Waals surface area contributed by atoms with Crippen LogP contribution < -0.4 is 5.48 Å². The van der Waals surface area contributed by atoms with Gasteiger partial charge in [0, 0.05) is 6.20 Å². The number of benzene rings is 1. The van der Waals surface area contributed by atoms with Crippen LogP contribution >= 0.6 is 0 Å². The lowest BCUT2D eigenvalue weighted by molar-refractivity contribution is -0.133. The van der Waals surface area contributed by atoms with E-state index in [1.807, 2.05) is 0 Å². The fourth-order valence-electron chi connectivity index (χ4n) is 3.29. The first kappa shape index (κ1) is 16.3. The average Bonchev–Trinajstić information content (AvgIpc) is 3.03. The van der Waals surface area contributed by atoms with Crippen molar-refractivity contribution in [2.24, 2.45) is 0 Å². The predicted octanol–water partition coefficient (Wildman–Crippen LogP) is 3.29. The van der Waals surface area contributed by atoms with Gasteiger partial charge in [0.2, 0.25) is 0 Å². The Kier molecular flexibility index (Phi) is 4.15. The summed E-state index contributed by atoms with van der Waals surface area (Å²) in [5.74, 6) is -1.54. The summed E-state index contributed by atoms with van der Waals surface area (Å²) in [5.41, 5.74) is 2.60. The van der Waals surface area contributed by atoms with Crippen molar-refractivity contribution in [3.05, 3.63) is 71.1 Å². The molecule has 1 aliphatic rings. The standard InChI is InChI=1S/C18H16F2N2O2/c1-11-15(3-2-4-16(11)20)18(17(23)22-24)6-5-12(8-18)13-7-14(19)10-21-9-13/h2-4,7-10,24H,5-6H2,1H3,(H,22,23)/t18-/m0/s1. The summed E-state index contributed by atoms with van der Waals surface area (Å²) >= 11 is 0. The van der Waals surface area contributed by atoms with Crippen LogP contribution in [0.2, 0.25) is 0 Å². The number of halogens is 2. The minimum absolute atomic E-state index is 0.343. The lowest BCUT2D eigenvalue weighted by Gasteiger charge is -2.27. The molecule has 4 nitrogen and oxygen atoms in total. The molecule has 0 spiro atoms. The quantitative estimate of drug-likeness (QED) is 0.670. The number of hydrogen-bond acceptors (Lipinski definition) is 3. The Hall–Kier alpha value is -2.60. The second kappa shape index (κ2) is 6.13. The monoisotopic (exact) mass is 330 g/mol. The normalized spacial score (nSPS) is 19.9. The van der Waals surface area contributed by atoms with E-state index in [9.17, 15) is 18.8 Å². The zero-order chi connectivity index (χ0) is 17.3. The Labute approximate surface area is 137 Å². The molecule has 24 heavy (non-hydrogen) atoms. The SMILES string of the molecule is Cc1c(F)cccc1[C@@]1(C(=O)NO)C=C(c2cncc(F)c2)CC1. The highest BCUT2D eigenvalue weighted by atomic mass is 19.1. The van der Waals surface area contributed by atoms with Crippen LogP contribution in [0, 0.1) is 18.6 Å². The molecule has 0 saturated carbocycles. The maximum atomic E-state index is 14.0. The van der Waals surface area contributed by atoms with Gasteiger partial charge in [0.1, 0.15) is 11.6 Å². The van der Waals surface area contributed by atoms with Gasteiger partial charge in [-0.2, -0.15) is 0 Å². The van der Waals surface area contributed by atoms with Gasteiger partial charge in [-0.15, -0.1) is 0 Å². The molecule has 0 unspecified atom stereocenters. The second-order valence-electron chi connectivity index (χ2n) is 5.89. The highest BCUT2D eigenvalue weighted by molar-refractivity contribution is 5.94. The first-order chi connectivity index (χ1) is 11.5. The molecule has 6 heteroatoms. The number of hydroxylamine groups is 1. The maximum Gasteiger partial charge on any atom is 0.257 e. The molecule has 2 N–H and O–H groups in total. The minimum Gasteiger partial charge on any atom is -0.289 e. The van der Waals surface area contributed by atoms with Gasteiger partial charge in [-0.25, -0.2) is 14.3 Å². The highest BCUT2D eigenvalue weighted by Gasteiger charge is 2.43. The van der Waals surface area contributed by atoms with Gasteiger partial charge in [0.05, 0.1) is 11.6 Å². The molecule has 1 aromatic heterocycles. The number of pyridine rings is 1. The number of nitrogens with one attached hydrogen (secondary N) is 1. The van der Waals surface area contributed by atoms with Crippen LogP contribution in [-0.4, -0.2) is 16.1 Å². The molecule has 0 fully saturated rings. The van der Waals surface area contributed by atoms with E-state index >= 15 is 0 Å². The number of nitrogens with zero attached hydrogens (tertiary/aromatic N) is 1. The number of hydrogen-bond donors (Lipinski definition) is 2. The molecule has 0 aliphatic heterocycles. The van der Waals surface area contributed by atoms with Crippen molar-refractivity contribution in [3.63, 3.8) is 0 Å². The van der Waals surface area contributed by atoms with Crippen molar-refractivity contribution in [1.29, 1.82) is 0 Å². The van der Waals surface area contributed by atoms with Crippen LogP contribution in [0.15, 0.2) is 42.7 Å². The Balaban J connectivity index is 2.15. The molecule has 0 saturated heterocycles. The number of amides is 1. The van der Waals surface area contributed by atoms with Crippen LogP contribution in [0.5, 0.6) is 0 Å². The second-order valence-corrected chi connectivity index (χ2v) is 5.89. The first-order valence-corrected chi connectivity index (χ1v) is 7.51. The topological polar surface area (TPSA) is 62.2 Å². The summed E-state index contributed by atoms with van der Waals surface area (Å²) in [4.78, 5) is 16.2. The lowest BCUT2D eigenvalue weighted by atomic mass is 9.77. The van der Waals surface area contributed by atoms with Crippen LogP contribution in [0.3, 0.4) is 0 Å². The number of carbonyl (C=O) groups excluding carboxylic acids is 1. The highest BCUT2D eigenvalue weighted by Crippen LogP contribution is 2.44. The summed E-state index contributed by atoms with van der Waals surface area (Å²) in [6.45, 7) is 1.59. The Bertz CT molecular complexity index is 836. The molecule has 0 bridgehead atoms. The number of rotatable bonds is 3. The van der Waals surface area contributed by atoms with E-state index in [-0.39, 0.29) is 0 Å². The third-order valence-corrected chi connectivity index (χ3v) is 4.54. The van der Waals surface area contributed by atoms with Crippen molar-refractivity contribution in [1.82, 2.24) is 10.5 Å². The largest absolute Gasteiger partial charge is 0.289 e. The molecule has 1 atom stereocenters. The van der Waals surface area contributed by atoms with E-state index in [0.29, 0.717) is 29.5 Å². The van der Waals surface area contributed by atoms with E-state index in [0.717, 1.165) is 11.8 Å². The summed E-state index contributed by atoms with van der Waals surface area (Å²) < 4.78 is 27.4. The van der Waals surface area contributed by atoms with E-state index in [2.05, 4.69) is 4.98 Å². The van der Waals surface area contributed by atoms with Crippen LogP contribution in [0.4, 0.5) is 8.78 Å². The van der Waals surface area contributed by atoms with Crippen molar-refractivity contribution in [2.75, 3.05) is 0 Å². The summed E-state index contributed by atoms with van der Waals surface area (Å²) in [5, 5.41) is 9.19. The molecular weight excluding hydrogens is 314 g/mol. The van der Waals surface area contributed by atoms with Gasteiger partial charge in [-0.1, -0.05) is 18.2 Å². The number of aromatic nitrogens is 1. The maximum absolute atomic E-state index is 14.0. The van der Waals surface area contributed by atoms with E-state index < -0.39 is 23.0 Å². The van der Waals surface area contributed by atoms with Crippen LogP contribution in [0.25, 0.3) is 5.57 Å². The molecule has 1 aromatic carbocycles. The van der Waals surface area contributed by atoms with Gasteiger partial charge < -0.3 is 0 Å². The van der Waals surface area contributed by atoms with Crippen molar-refractivity contribution in [3.8, 4) is 0 Å². The Morgan fingerprint density at radius 2 is 2.12 bits per heavy atom. The van der Waals surface area contributed by atoms with E-state index in [1.165, 1.54) is 24.4 Å². The fourth-order valence-corrected chi connectivity index (χ4v) is 3.29. The third-order valence-electron chi connectivity index (χ3n) is 4.54. The van der Waals surface area contributed by atoms with Gasteiger partial charge in [0.25, 0.3) is 5.91 Å². The number of allylic oxidation sites excluding steroid dienone is 1. The van der Waals surface area contributed by atoms with E-state index in [1.54, 1.807) is 24.5 Å². The lowest BCUT2D eigenvalue weighted by Crippen LogP contribution is -2.41. The average molecular weight is 330 g/mol. The van der Waals surface area contributed by atoms with Crippen molar-refractivity contribution < 1.29 is 18.8 Å². The van der Waals surface area contributed by atoms with Crippen molar-refractivity contribution in [2.45, 2.75) is 25.2 Å². The fraction of sp³-hybridized carbons (Fsp3) is 0.222. The zero-order valence-electron chi connectivity index (χ0n) is 13.0. The van der Waals surface area contributed by atoms with Crippen LogP contribution in [0.1, 0.15) is 29.5 Å². The first-order valence-electron chi connectivity index (χ1n) is 7.51. The Morgan fingerprint density at radius 1 is 1.33 bits per heavy atom. The summed E-state index contributed by atoms with van der Waals surface area (Å²) in [7, 11) is 0. The molecule has 1 heterocycles. The molecule has 1 amide bonds. The van der Waals surface area contributed by atoms with Gasteiger partial charge >= 0.3 is 0 Å². The molecular formula is C18H16F2N2O2. The zero-order valence-corrected chi connectivity index (χ0v) is 13.0. The summed E-state index contributed by atoms with van der Waals surface area (Å²) in [6, 6.07) is 5.85. The third kappa shape index (κ3) is 2.59. The Morgan fingerprint density at radius 3 is 2.83 bits per heavy atom. The van der Waals surface area contributed by atoms with Gasteiger partial charge in [-0.05, 0) is 54.2 Å².